The zero-order valence-corrected chi connectivity index (χ0v) is 18.8. The Morgan fingerprint density at radius 3 is 2.28 bits per heavy atom. The molecule has 0 radical (unpaired) electrons. The molecule has 1 aliphatic heterocycles. The Hall–Kier alpha value is -2.75. The van der Waals surface area contributed by atoms with E-state index in [1.165, 1.54) is 6.07 Å². The third kappa shape index (κ3) is 5.53. The Morgan fingerprint density at radius 1 is 1.03 bits per heavy atom. The number of halogens is 3. The summed E-state index contributed by atoms with van der Waals surface area (Å²) in [7, 11) is -3.69. The first-order chi connectivity index (χ1) is 15.0. The lowest BCUT2D eigenvalue weighted by Gasteiger charge is -2.37. The summed E-state index contributed by atoms with van der Waals surface area (Å²) < 4.78 is 64.9. The standard InChI is InChI=1S/C22H26F3N3O3S/c1-3-17-7-4-5-10-20(17)28(32(2,30)31)16-21(29)27-13-11-26(12-14-27)19-9-6-8-18(15-19)22(23,24)25/h4-10,15H,3,11-14,16H2,1-2H3. The fourth-order valence-corrected chi connectivity index (χ4v) is 4.63. The maximum absolute atomic E-state index is 13.0. The summed E-state index contributed by atoms with van der Waals surface area (Å²) in [5.41, 5.74) is 1.03. The summed E-state index contributed by atoms with van der Waals surface area (Å²) in [6.45, 7) is 2.90. The first-order valence-electron chi connectivity index (χ1n) is 10.3. The lowest BCUT2D eigenvalue weighted by molar-refractivity contribution is -0.137. The maximum Gasteiger partial charge on any atom is 0.416 e. The van der Waals surface area contributed by atoms with Gasteiger partial charge in [-0.3, -0.25) is 9.10 Å². The van der Waals surface area contributed by atoms with Crippen LogP contribution in [0, 0.1) is 0 Å². The van der Waals surface area contributed by atoms with E-state index in [4.69, 9.17) is 0 Å². The van der Waals surface area contributed by atoms with E-state index < -0.39 is 21.8 Å². The van der Waals surface area contributed by atoms with Crippen LogP contribution in [0.3, 0.4) is 0 Å². The number of aryl methyl sites for hydroxylation is 1. The Balaban J connectivity index is 1.69. The largest absolute Gasteiger partial charge is 0.416 e. The number of sulfonamides is 1. The number of carbonyl (C=O) groups is 1. The molecule has 0 unspecified atom stereocenters. The number of piperazine rings is 1. The molecule has 0 bridgehead atoms. The van der Waals surface area contributed by atoms with E-state index in [9.17, 15) is 26.4 Å². The summed E-state index contributed by atoms with van der Waals surface area (Å²) in [4.78, 5) is 16.3. The van der Waals surface area contributed by atoms with Crippen molar-refractivity contribution < 1.29 is 26.4 Å². The normalized spacial score (nSPS) is 15.0. The van der Waals surface area contributed by atoms with Gasteiger partial charge < -0.3 is 9.80 Å². The van der Waals surface area contributed by atoms with Crippen LogP contribution in [0.2, 0.25) is 0 Å². The highest BCUT2D eigenvalue weighted by atomic mass is 32.2. The van der Waals surface area contributed by atoms with Gasteiger partial charge in [0.1, 0.15) is 6.54 Å². The van der Waals surface area contributed by atoms with E-state index in [2.05, 4.69) is 0 Å². The highest BCUT2D eigenvalue weighted by molar-refractivity contribution is 7.92. The van der Waals surface area contributed by atoms with Crippen LogP contribution in [0.25, 0.3) is 0 Å². The number of para-hydroxylation sites is 1. The van der Waals surface area contributed by atoms with Gasteiger partial charge in [0.25, 0.3) is 0 Å². The number of alkyl halides is 3. The first kappa shape index (κ1) is 23.9. The molecule has 1 fully saturated rings. The van der Waals surface area contributed by atoms with E-state index in [0.29, 0.717) is 44.0 Å². The molecular formula is C22H26F3N3O3S. The molecule has 2 aromatic carbocycles. The van der Waals surface area contributed by atoms with Gasteiger partial charge in [0.05, 0.1) is 17.5 Å². The molecule has 10 heteroatoms. The molecule has 0 aliphatic carbocycles. The van der Waals surface area contributed by atoms with Gasteiger partial charge in [-0.2, -0.15) is 13.2 Å². The molecule has 1 saturated heterocycles. The number of benzene rings is 2. The lowest BCUT2D eigenvalue weighted by atomic mass is 10.1. The predicted molar refractivity (Wildman–Crippen MR) is 118 cm³/mol. The van der Waals surface area contributed by atoms with Crippen LogP contribution in [0.5, 0.6) is 0 Å². The van der Waals surface area contributed by atoms with E-state index in [0.717, 1.165) is 28.3 Å². The molecule has 6 nitrogen and oxygen atoms in total. The van der Waals surface area contributed by atoms with Crippen molar-refractivity contribution in [1.29, 1.82) is 0 Å². The SMILES string of the molecule is CCc1ccccc1N(CC(=O)N1CCN(c2cccc(C(F)(F)F)c2)CC1)S(C)(=O)=O. The van der Waals surface area contributed by atoms with Crippen LogP contribution in [0.1, 0.15) is 18.1 Å². The zero-order valence-electron chi connectivity index (χ0n) is 18.0. The van der Waals surface area contributed by atoms with E-state index in [1.54, 1.807) is 28.0 Å². The molecule has 1 amide bonds. The van der Waals surface area contributed by atoms with Crippen molar-refractivity contribution in [2.24, 2.45) is 0 Å². The second kappa shape index (κ2) is 9.40. The molecule has 1 aliphatic rings. The molecule has 174 valence electrons. The smallest absolute Gasteiger partial charge is 0.368 e. The van der Waals surface area contributed by atoms with E-state index in [-0.39, 0.29) is 12.5 Å². The third-order valence-corrected chi connectivity index (χ3v) is 6.62. The second-order valence-corrected chi connectivity index (χ2v) is 9.57. The van der Waals surface area contributed by atoms with Gasteiger partial charge in [-0.25, -0.2) is 8.42 Å². The lowest BCUT2D eigenvalue weighted by Crippen LogP contribution is -2.52. The van der Waals surface area contributed by atoms with Crippen molar-refractivity contribution in [2.45, 2.75) is 19.5 Å². The molecule has 1 heterocycles. The van der Waals surface area contributed by atoms with Crippen LogP contribution in [-0.2, 0) is 27.4 Å². The molecule has 0 atom stereocenters. The Kier molecular flexibility index (Phi) is 7.02. The van der Waals surface area contributed by atoms with Crippen molar-refractivity contribution in [3.8, 4) is 0 Å². The summed E-state index contributed by atoms with van der Waals surface area (Å²) >= 11 is 0. The molecule has 32 heavy (non-hydrogen) atoms. The maximum atomic E-state index is 13.0. The summed E-state index contributed by atoms with van der Waals surface area (Å²) in [5, 5.41) is 0. The van der Waals surface area contributed by atoms with Crippen molar-refractivity contribution in [3.63, 3.8) is 0 Å². The van der Waals surface area contributed by atoms with E-state index >= 15 is 0 Å². The number of hydrogen-bond donors (Lipinski definition) is 0. The van der Waals surface area contributed by atoms with E-state index in [1.807, 2.05) is 19.1 Å². The first-order valence-corrected chi connectivity index (χ1v) is 12.1. The Labute approximate surface area is 186 Å². The molecule has 2 aromatic rings. The van der Waals surface area contributed by atoms with Gasteiger partial charge in [0, 0.05) is 31.9 Å². The van der Waals surface area contributed by atoms with Gasteiger partial charge in [-0.15, -0.1) is 0 Å². The average Bonchev–Trinajstić information content (AvgIpc) is 2.76. The van der Waals surface area contributed by atoms with Crippen LogP contribution in [-0.4, -0.2) is 58.2 Å². The van der Waals surface area contributed by atoms with Gasteiger partial charge in [-0.1, -0.05) is 31.2 Å². The summed E-state index contributed by atoms with van der Waals surface area (Å²) in [5.74, 6) is -0.343. The average molecular weight is 470 g/mol. The minimum absolute atomic E-state index is 0.294. The molecule has 0 aromatic heterocycles. The van der Waals surface area contributed by atoms with Gasteiger partial charge in [-0.05, 0) is 36.2 Å². The van der Waals surface area contributed by atoms with Crippen LogP contribution in [0.4, 0.5) is 24.5 Å². The van der Waals surface area contributed by atoms with Crippen LogP contribution < -0.4 is 9.21 Å². The Bertz CT molecular complexity index is 1070. The third-order valence-electron chi connectivity index (χ3n) is 5.49. The number of carbonyl (C=O) groups excluding carboxylic acids is 1. The quantitative estimate of drug-likeness (QED) is 0.651. The molecule has 3 rings (SSSR count). The molecular weight excluding hydrogens is 443 g/mol. The highest BCUT2D eigenvalue weighted by Gasteiger charge is 2.32. The highest BCUT2D eigenvalue weighted by Crippen LogP contribution is 2.32. The minimum atomic E-state index is -4.42. The monoisotopic (exact) mass is 469 g/mol. The number of hydrogen-bond acceptors (Lipinski definition) is 4. The van der Waals surface area contributed by atoms with Crippen molar-refractivity contribution in [1.82, 2.24) is 4.90 Å². The fourth-order valence-electron chi connectivity index (χ4n) is 3.75. The van der Waals surface area contributed by atoms with Gasteiger partial charge in [0.2, 0.25) is 15.9 Å². The Morgan fingerprint density at radius 2 is 1.69 bits per heavy atom. The van der Waals surface area contributed by atoms with Crippen molar-refractivity contribution in [2.75, 3.05) is 48.2 Å². The summed E-state index contributed by atoms with van der Waals surface area (Å²) in [6, 6.07) is 12.2. The number of amides is 1. The van der Waals surface area contributed by atoms with Gasteiger partial charge >= 0.3 is 6.18 Å². The number of anilines is 2. The zero-order chi connectivity index (χ0) is 23.5. The second-order valence-electron chi connectivity index (χ2n) is 7.67. The number of nitrogens with zero attached hydrogens (tertiary/aromatic N) is 3. The molecule has 0 saturated carbocycles. The molecule has 0 N–H and O–H groups in total. The topological polar surface area (TPSA) is 60.9 Å². The fraction of sp³-hybridized carbons (Fsp3) is 0.409. The van der Waals surface area contributed by atoms with Crippen LogP contribution >= 0.6 is 0 Å². The molecule has 0 spiro atoms. The van der Waals surface area contributed by atoms with Crippen molar-refractivity contribution >= 4 is 27.3 Å². The minimum Gasteiger partial charge on any atom is -0.368 e. The van der Waals surface area contributed by atoms with Gasteiger partial charge in [0.15, 0.2) is 0 Å². The number of rotatable bonds is 6. The van der Waals surface area contributed by atoms with Crippen LogP contribution in [0.15, 0.2) is 48.5 Å². The predicted octanol–water partition coefficient (Wildman–Crippen LogP) is 3.38. The summed E-state index contributed by atoms with van der Waals surface area (Å²) in [6.07, 6.45) is -2.73. The van der Waals surface area contributed by atoms with Crippen molar-refractivity contribution in [3.05, 3.63) is 59.7 Å².